The number of nitrogens with two attached hydrogens (primary N) is 1. The number of rotatable bonds is 6. The molecule has 3 N–H and O–H groups in total. The first-order valence-corrected chi connectivity index (χ1v) is 6.10. The summed E-state index contributed by atoms with van der Waals surface area (Å²) in [5, 5.41) is 3.43. The SMILES string of the molecule is CC(C)CC(CN(C)C)Nc1ncccc1N. The van der Waals surface area contributed by atoms with Crippen LogP contribution < -0.4 is 11.1 Å². The van der Waals surface area contributed by atoms with Crippen molar-refractivity contribution >= 4 is 11.5 Å². The van der Waals surface area contributed by atoms with Gasteiger partial charge in [-0.2, -0.15) is 0 Å². The molecular weight excluding hydrogens is 212 g/mol. The standard InChI is InChI=1S/C13H24N4/c1-10(2)8-11(9-17(3)4)16-13-12(14)6-5-7-15-13/h5-7,10-11H,8-9,14H2,1-4H3,(H,15,16). The molecule has 1 unspecified atom stereocenters. The van der Waals surface area contributed by atoms with Gasteiger partial charge in [0.1, 0.15) is 5.82 Å². The van der Waals surface area contributed by atoms with Crippen LogP contribution in [-0.2, 0) is 0 Å². The van der Waals surface area contributed by atoms with Crippen molar-refractivity contribution in [1.29, 1.82) is 0 Å². The zero-order chi connectivity index (χ0) is 12.8. The van der Waals surface area contributed by atoms with Crippen LogP contribution in [0.2, 0.25) is 0 Å². The summed E-state index contributed by atoms with van der Waals surface area (Å²) in [6.45, 7) is 5.44. The van der Waals surface area contributed by atoms with Crippen molar-refractivity contribution in [1.82, 2.24) is 9.88 Å². The van der Waals surface area contributed by atoms with E-state index in [4.69, 9.17) is 5.73 Å². The minimum Gasteiger partial charge on any atom is -0.396 e. The molecule has 4 nitrogen and oxygen atoms in total. The monoisotopic (exact) mass is 236 g/mol. The molecule has 0 amide bonds. The number of hydrogen-bond donors (Lipinski definition) is 2. The highest BCUT2D eigenvalue weighted by Gasteiger charge is 2.13. The fourth-order valence-corrected chi connectivity index (χ4v) is 1.92. The van der Waals surface area contributed by atoms with E-state index in [2.05, 4.69) is 43.1 Å². The number of nitrogens with one attached hydrogen (secondary N) is 1. The largest absolute Gasteiger partial charge is 0.396 e. The Bertz CT molecular complexity index is 326. The van der Waals surface area contributed by atoms with Gasteiger partial charge in [-0.15, -0.1) is 0 Å². The number of hydrogen-bond acceptors (Lipinski definition) is 4. The molecule has 0 aliphatic carbocycles. The molecule has 4 heteroatoms. The van der Waals surface area contributed by atoms with Crippen molar-refractivity contribution in [3.05, 3.63) is 18.3 Å². The molecule has 0 saturated carbocycles. The van der Waals surface area contributed by atoms with E-state index < -0.39 is 0 Å². The number of nitrogen functional groups attached to an aromatic ring is 1. The van der Waals surface area contributed by atoms with E-state index in [1.54, 1.807) is 6.20 Å². The van der Waals surface area contributed by atoms with Crippen LogP contribution >= 0.6 is 0 Å². The molecule has 0 aliphatic heterocycles. The molecule has 1 atom stereocenters. The lowest BCUT2D eigenvalue weighted by molar-refractivity contribution is 0.356. The van der Waals surface area contributed by atoms with Gasteiger partial charge in [-0.1, -0.05) is 13.8 Å². The first-order chi connectivity index (χ1) is 7.99. The van der Waals surface area contributed by atoms with Crippen molar-refractivity contribution in [2.24, 2.45) is 5.92 Å². The second-order valence-corrected chi connectivity index (χ2v) is 5.17. The molecule has 0 radical (unpaired) electrons. The number of aromatic nitrogens is 1. The summed E-state index contributed by atoms with van der Waals surface area (Å²) < 4.78 is 0. The second-order valence-electron chi connectivity index (χ2n) is 5.17. The minimum absolute atomic E-state index is 0.377. The molecule has 1 heterocycles. The second kappa shape index (κ2) is 6.45. The predicted molar refractivity (Wildman–Crippen MR) is 74.1 cm³/mol. The normalized spacial score (nSPS) is 13.1. The number of pyridine rings is 1. The molecule has 1 rings (SSSR count). The summed E-state index contributed by atoms with van der Waals surface area (Å²) in [5.74, 6) is 1.44. The molecule has 0 saturated heterocycles. The Labute approximate surface area is 104 Å². The lowest BCUT2D eigenvalue weighted by atomic mass is 10.0. The van der Waals surface area contributed by atoms with Gasteiger partial charge in [-0.3, -0.25) is 0 Å². The summed E-state index contributed by atoms with van der Waals surface area (Å²) in [6.07, 6.45) is 2.87. The van der Waals surface area contributed by atoms with Crippen LogP contribution in [0.15, 0.2) is 18.3 Å². The van der Waals surface area contributed by atoms with Crippen molar-refractivity contribution in [3.8, 4) is 0 Å². The zero-order valence-electron chi connectivity index (χ0n) is 11.3. The van der Waals surface area contributed by atoms with Gasteiger partial charge in [0.2, 0.25) is 0 Å². The van der Waals surface area contributed by atoms with E-state index in [0.717, 1.165) is 18.8 Å². The molecule has 0 bridgehead atoms. The van der Waals surface area contributed by atoms with Gasteiger partial charge < -0.3 is 16.0 Å². The smallest absolute Gasteiger partial charge is 0.149 e. The first kappa shape index (κ1) is 13.8. The molecule has 1 aromatic rings. The Morgan fingerprint density at radius 2 is 2.12 bits per heavy atom. The Balaban J connectivity index is 2.68. The number of likely N-dealkylation sites (N-methyl/N-ethyl adjacent to an activating group) is 1. The quantitative estimate of drug-likeness (QED) is 0.794. The maximum absolute atomic E-state index is 5.89. The highest BCUT2D eigenvalue weighted by molar-refractivity contribution is 5.60. The Kier molecular flexibility index (Phi) is 5.22. The average molecular weight is 236 g/mol. The molecule has 0 fully saturated rings. The summed E-state index contributed by atoms with van der Waals surface area (Å²) >= 11 is 0. The third-order valence-electron chi connectivity index (χ3n) is 2.52. The van der Waals surface area contributed by atoms with Crippen molar-refractivity contribution in [2.45, 2.75) is 26.3 Å². The number of nitrogens with zero attached hydrogens (tertiary/aromatic N) is 2. The van der Waals surface area contributed by atoms with E-state index in [9.17, 15) is 0 Å². The van der Waals surface area contributed by atoms with Crippen LogP contribution in [0.3, 0.4) is 0 Å². The van der Waals surface area contributed by atoms with E-state index in [-0.39, 0.29) is 0 Å². The zero-order valence-corrected chi connectivity index (χ0v) is 11.3. The molecule has 17 heavy (non-hydrogen) atoms. The van der Waals surface area contributed by atoms with Crippen LogP contribution in [-0.4, -0.2) is 36.6 Å². The summed E-state index contributed by atoms with van der Waals surface area (Å²) in [6, 6.07) is 4.10. The van der Waals surface area contributed by atoms with Gasteiger partial charge in [-0.25, -0.2) is 4.98 Å². The average Bonchev–Trinajstić information content (AvgIpc) is 2.19. The summed E-state index contributed by atoms with van der Waals surface area (Å²) in [7, 11) is 4.16. The third-order valence-corrected chi connectivity index (χ3v) is 2.52. The van der Waals surface area contributed by atoms with Crippen LogP contribution in [0.4, 0.5) is 11.5 Å². The van der Waals surface area contributed by atoms with Crippen LogP contribution in [0.25, 0.3) is 0 Å². The highest BCUT2D eigenvalue weighted by atomic mass is 15.1. The minimum atomic E-state index is 0.377. The fourth-order valence-electron chi connectivity index (χ4n) is 1.92. The lowest BCUT2D eigenvalue weighted by Crippen LogP contribution is -2.34. The maximum Gasteiger partial charge on any atom is 0.149 e. The van der Waals surface area contributed by atoms with Gasteiger partial charge in [0.05, 0.1) is 5.69 Å². The molecule has 0 aliphatic rings. The molecule has 0 spiro atoms. The lowest BCUT2D eigenvalue weighted by Gasteiger charge is -2.24. The van der Waals surface area contributed by atoms with Crippen molar-refractivity contribution < 1.29 is 0 Å². The topological polar surface area (TPSA) is 54.2 Å². The highest BCUT2D eigenvalue weighted by Crippen LogP contribution is 2.17. The van der Waals surface area contributed by atoms with E-state index >= 15 is 0 Å². The van der Waals surface area contributed by atoms with Gasteiger partial charge in [0.25, 0.3) is 0 Å². The Morgan fingerprint density at radius 3 is 2.65 bits per heavy atom. The van der Waals surface area contributed by atoms with Gasteiger partial charge in [-0.05, 0) is 38.6 Å². The van der Waals surface area contributed by atoms with E-state index in [1.807, 2.05) is 12.1 Å². The Hall–Kier alpha value is -1.29. The maximum atomic E-state index is 5.89. The van der Waals surface area contributed by atoms with Crippen molar-refractivity contribution in [3.63, 3.8) is 0 Å². The van der Waals surface area contributed by atoms with Crippen LogP contribution in [0.5, 0.6) is 0 Å². The third kappa shape index (κ3) is 5.04. The van der Waals surface area contributed by atoms with E-state index in [0.29, 0.717) is 17.6 Å². The summed E-state index contributed by atoms with van der Waals surface area (Å²) in [5.41, 5.74) is 6.60. The molecule has 96 valence electrons. The van der Waals surface area contributed by atoms with Gasteiger partial charge >= 0.3 is 0 Å². The first-order valence-electron chi connectivity index (χ1n) is 6.10. The fraction of sp³-hybridized carbons (Fsp3) is 0.615. The van der Waals surface area contributed by atoms with E-state index in [1.165, 1.54) is 0 Å². The molecule has 0 aromatic carbocycles. The number of anilines is 2. The van der Waals surface area contributed by atoms with Crippen molar-refractivity contribution in [2.75, 3.05) is 31.7 Å². The molecule has 1 aromatic heterocycles. The van der Waals surface area contributed by atoms with Crippen LogP contribution in [0.1, 0.15) is 20.3 Å². The molecular formula is C13H24N4. The van der Waals surface area contributed by atoms with Gasteiger partial charge in [0.15, 0.2) is 0 Å². The Morgan fingerprint density at radius 1 is 1.41 bits per heavy atom. The predicted octanol–water partition coefficient (Wildman–Crippen LogP) is 2.05. The van der Waals surface area contributed by atoms with Crippen LogP contribution in [0, 0.1) is 5.92 Å². The summed E-state index contributed by atoms with van der Waals surface area (Å²) in [4.78, 5) is 6.46. The van der Waals surface area contributed by atoms with Gasteiger partial charge in [0, 0.05) is 18.8 Å².